The molecule has 0 amide bonds. The Hall–Kier alpha value is -0.990. The third-order valence-electron chi connectivity index (χ3n) is 2.70. The molecule has 3 nitrogen and oxygen atoms in total. The maximum absolute atomic E-state index is 4.18. The van der Waals surface area contributed by atoms with Gasteiger partial charge in [-0.2, -0.15) is 5.10 Å². The van der Waals surface area contributed by atoms with Crippen molar-refractivity contribution >= 4 is 5.69 Å². The topological polar surface area (TPSA) is 40.7 Å². The molecule has 0 radical (unpaired) electrons. The van der Waals surface area contributed by atoms with E-state index in [1.165, 1.54) is 18.5 Å². The number of H-pyrrole nitrogens is 1. The van der Waals surface area contributed by atoms with E-state index in [0.717, 1.165) is 17.3 Å². The Labute approximate surface area is 92.7 Å². The van der Waals surface area contributed by atoms with Crippen LogP contribution in [0.5, 0.6) is 0 Å². The molecule has 0 fully saturated rings. The normalized spacial score (nSPS) is 13.2. The zero-order chi connectivity index (χ0) is 11.4. The number of nitrogens with one attached hydrogen (secondary N) is 2. The smallest absolute Gasteiger partial charge is 0.0825 e. The van der Waals surface area contributed by atoms with E-state index in [0.29, 0.717) is 6.04 Å². The van der Waals surface area contributed by atoms with E-state index in [1.54, 1.807) is 0 Å². The van der Waals surface area contributed by atoms with Gasteiger partial charge in [-0.05, 0) is 39.5 Å². The number of aromatic amines is 1. The van der Waals surface area contributed by atoms with Crippen molar-refractivity contribution < 1.29 is 0 Å². The summed E-state index contributed by atoms with van der Waals surface area (Å²) < 4.78 is 0. The van der Waals surface area contributed by atoms with Crippen molar-refractivity contribution in [3.05, 3.63) is 11.4 Å². The molecule has 0 bridgehead atoms. The molecular weight excluding hydrogens is 186 g/mol. The number of hydrogen-bond acceptors (Lipinski definition) is 2. The minimum absolute atomic E-state index is 0.516. The van der Waals surface area contributed by atoms with Crippen LogP contribution in [0.15, 0.2) is 0 Å². The predicted octanol–water partition coefficient (Wildman–Crippen LogP) is 3.26. The molecule has 1 aromatic heterocycles. The Morgan fingerprint density at radius 1 is 1.20 bits per heavy atom. The Morgan fingerprint density at radius 3 is 2.33 bits per heavy atom. The Balaban J connectivity index is 2.47. The van der Waals surface area contributed by atoms with Crippen molar-refractivity contribution in [3.63, 3.8) is 0 Å². The summed E-state index contributed by atoms with van der Waals surface area (Å²) in [6.07, 6.45) is 2.48. The van der Waals surface area contributed by atoms with E-state index in [-0.39, 0.29) is 0 Å². The lowest BCUT2D eigenvalue weighted by molar-refractivity contribution is 0.527. The second-order valence-corrected chi connectivity index (χ2v) is 4.83. The predicted molar refractivity (Wildman–Crippen MR) is 65.2 cm³/mol. The second kappa shape index (κ2) is 5.19. The van der Waals surface area contributed by atoms with Crippen molar-refractivity contribution in [2.75, 3.05) is 5.32 Å². The Kier molecular flexibility index (Phi) is 4.18. The van der Waals surface area contributed by atoms with Gasteiger partial charge in [0.1, 0.15) is 0 Å². The van der Waals surface area contributed by atoms with Crippen LogP contribution in [0, 0.1) is 19.8 Å². The fourth-order valence-electron chi connectivity index (χ4n) is 1.67. The van der Waals surface area contributed by atoms with Gasteiger partial charge in [-0.15, -0.1) is 0 Å². The van der Waals surface area contributed by atoms with E-state index in [4.69, 9.17) is 0 Å². The van der Waals surface area contributed by atoms with Gasteiger partial charge < -0.3 is 5.32 Å². The van der Waals surface area contributed by atoms with E-state index in [2.05, 4.69) is 43.2 Å². The summed E-state index contributed by atoms with van der Waals surface area (Å²) in [6, 6.07) is 0.516. The summed E-state index contributed by atoms with van der Waals surface area (Å²) in [5.74, 6) is 0.779. The van der Waals surface area contributed by atoms with Gasteiger partial charge in [-0.3, -0.25) is 5.10 Å². The zero-order valence-corrected chi connectivity index (χ0v) is 10.5. The number of hydrogen-bond donors (Lipinski definition) is 2. The largest absolute Gasteiger partial charge is 0.380 e. The Bertz CT molecular complexity index is 282. The highest BCUT2D eigenvalue weighted by atomic mass is 15.2. The molecule has 3 heteroatoms. The van der Waals surface area contributed by atoms with E-state index in [9.17, 15) is 0 Å². The lowest BCUT2D eigenvalue weighted by atomic mass is 10.0. The van der Waals surface area contributed by atoms with E-state index >= 15 is 0 Å². The van der Waals surface area contributed by atoms with Crippen molar-refractivity contribution in [2.24, 2.45) is 5.92 Å². The third kappa shape index (κ3) is 3.57. The summed E-state index contributed by atoms with van der Waals surface area (Å²) in [6.45, 7) is 10.8. The first-order valence-electron chi connectivity index (χ1n) is 5.78. The van der Waals surface area contributed by atoms with Gasteiger partial charge >= 0.3 is 0 Å². The van der Waals surface area contributed by atoms with Crippen LogP contribution in [0.1, 0.15) is 45.0 Å². The van der Waals surface area contributed by atoms with Crippen molar-refractivity contribution in [2.45, 2.75) is 53.5 Å². The fraction of sp³-hybridized carbons (Fsp3) is 0.750. The molecule has 0 saturated heterocycles. The summed E-state index contributed by atoms with van der Waals surface area (Å²) in [5, 5.41) is 10.7. The second-order valence-electron chi connectivity index (χ2n) is 4.83. The molecule has 2 N–H and O–H groups in total. The van der Waals surface area contributed by atoms with Crippen LogP contribution in [0.3, 0.4) is 0 Å². The number of rotatable bonds is 5. The molecule has 86 valence electrons. The van der Waals surface area contributed by atoms with Gasteiger partial charge in [0.25, 0.3) is 0 Å². The molecule has 0 aromatic carbocycles. The molecule has 0 saturated carbocycles. The molecule has 0 aliphatic rings. The summed E-state index contributed by atoms with van der Waals surface area (Å²) in [4.78, 5) is 0. The van der Waals surface area contributed by atoms with Gasteiger partial charge in [0, 0.05) is 6.04 Å². The van der Waals surface area contributed by atoms with Gasteiger partial charge in [-0.1, -0.05) is 13.8 Å². The standard InChI is InChI=1S/C12H23N3/c1-8(2)6-7-9(3)13-12-10(4)14-15-11(12)5/h8-9,13H,6-7H2,1-5H3,(H,14,15). The van der Waals surface area contributed by atoms with Gasteiger partial charge in [0.2, 0.25) is 0 Å². The molecule has 1 rings (SSSR count). The highest BCUT2D eigenvalue weighted by molar-refractivity contribution is 5.51. The molecule has 1 heterocycles. The SMILES string of the molecule is Cc1n[nH]c(C)c1NC(C)CCC(C)C. The molecular formula is C12H23N3. The number of anilines is 1. The van der Waals surface area contributed by atoms with Crippen molar-refractivity contribution in [3.8, 4) is 0 Å². The van der Waals surface area contributed by atoms with Crippen LogP contribution in [-0.4, -0.2) is 16.2 Å². The third-order valence-corrected chi connectivity index (χ3v) is 2.70. The first-order valence-corrected chi connectivity index (χ1v) is 5.78. The van der Waals surface area contributed by atoms with Gasteiger partial charge in [0.15, 0.2) is 0 Å². The minimum Gasteiger partial charge on any atom is -0.380 e. The fourth-order valence-corrected chi connectivity index (χ4v) is 1.67. The highest BCUT2D eigenvalue weighted by Crippen LogP contribution is 2.19. The zero-order valence-electron chi connectivity index (χ0n) is 10.5. The summed E-state index contributed by atoms with van der Waals surface area (Å²) in [7, 11) is 0. The molecule has 1 unspecified atom stereocenters. The van der Waals surface area contributed by atoms with Crippen LogP contribution in [0.4, 0.5) is 5.69 Å². The molecule has 1 aromatic rings. The molecule has 0 aliphatic carbocycles. The first-order chi connectivity index (χ1) is 7.00. The average molecular weight is 209 g/mol. The van der Waals surface area contributed by atoms with Crippen LogP contribution >= 0.6 is 0 Å². The number of nitrogens with zero attached hydrogens (tertiary/aromatic N) is 1. The monoisotopic (exact) mass is 209 g/mol. The van der Waals surface area contributed by atoms with Crippen LogP contribution in [-0.2, 0) is 0 Å². The van der Waals surface area contributed by atoms with Crippen LogP contribution < -0.4 is 5.32 Å². The molecule has 1 atom stereocenters. The molecule has 0 aliphatic heterocycles. The van der Waals surface area contributed by atoms with Crippen LogP contribution in [0.25, 0.3) is 0 Å². The van der Waals surface area contributed by atoms with E-state index in [1.807, 2.05) is 6.92 Å². The maximum atomic E-state index is 4.18. The average Bonchev–Trinajstić information content (AvgIpc) is 2.46. The van der Waals surface area contributed by atoms with Gasteiger partial charge in [0.05, 0.1) is 17.1 Å². The lowest BCUT2D eigenvalue weighted by Gasteiger charge is -2.16. The molecule has 15 heavy (non-hydrogen) atoms. The lowest BCUT2D eigenvalue weighted by Crippen LogP contribution is -2.16. The Morgan fingerprint density at radius 2 is 1.87 bits per heavy atom. The number of aryl methyl sites for hydroxylation is 2. The molecule has 0 spiro atoms. The highest BCUT2D eigenvalue weighted by Gasteiger charge is 2.09. The van der Waals surface area contributed by atoms with Gasteiger partial charge in [-0.25, -0.2) is 0 Å². The van der Waals surface area contributed by atoms with Crippen LogP contribution in [0.2, 0.25) is 0 Å². The maximum Gasteiger partial charge on any atom is 0.0825 e. The first kappa shape index (κ1) is 12.1. The van der Waals surface area contributed by atoms with Crippen molar-refractivity contribution in [1.29, 1.82) is 0 Å². The summed E-state index contributed by atoms with van der Waals surface area (Å²) in [5.41, 5.74) is 3.36. The summed E-state index contributed by atoms with van der Waals surface area (Å²) >= 11 is 0. The van der Waals surface area contributed by atoms with Crippen molar-refractivity contribution in [1.82, 2.24) is 10.2 Å². The minimum atomic E-state index is 0.516. The number of aromatic nitrogens is 2. The van der Waals surface area contributed by atoms with E-state index < -0.39 is 0 Å². The quantitative estimate of drug-likeness (QED) is 0.781.